The van der Waals surface area contributed by atoms with Gasteiger partial charge in [-0.15, -0.1) is 0 Å². The van der Waals surface area contributed by atoms with Crippen molar-refractivity contribution in [2.24, 2.45) is 0 Å². The molecular weight excluding hydrogens is 433 g/mol. The van der Waals surface area contributed by atoms with Gasteiger partial charge >= 0.3 is 0 Å². The van der Waals surface area contributed by atoms with Crippen LogP contribution in [-0.4, -0.2) is 21.4 Å². The van der Waals surface area contributed by atoms with Gasteiger partial charge in [0.15, 0.2) is 0 Å². The summed E-state index contributed by atoms with van der Waals surface area (Å²) in [7, 11) is 0. The van der Waals surface area contributed by atoms with Gasteiger partial charge in [0.05, 0.1) is 23.6 Å². The summed E-state index contributed by atoms with van der Waals surface area (Å²) in [6.45, 7) is 2.42. The second-order valence-electron chi connectivity index (χ2n) is 7.09. The second-order valence-corrected chi connectivity index (χ2v) is 7.97. The lowest BCUT2D eigenvalue weighted by Gasteiger charge is -2.27. The first-order chi connectivity index (χ1) is 15.1. The number of halogens is 2. The number of rotatable bonds is 7. The molecule has 0 spiro atoms. The molecule has 0 bridgehead atoms. The standard InChI is InChI=1S/C24H19Cl2N3O2/c1-15-7-8-19(26)11-20(15)24(31-14-30)21(17-5-3-9-27-12-17)23-22(28-13-29-23)16-4-2-6-18(25)10-16/h2-14,21,24H,1H3,(H,28,29). The molecule has 0 aliphatic carbocycles. The van der Waals surface area contributed by atoms with Crippen LogP contribution in [0.15, 0.2) is 73.3 Å². The fourth-order valence-corrected chi connectivity index (χ4v) is 4.14. The first-order valence-electron chi connectivity index (χ1n) is 9.62. The Morgan fingerprint density at radius 1 is 1.06 bits per heavy atom. The maximum absolute atomic E-state index is 11.6. The highest BCUT2D eigenvalue weighted by Gasteiger charge is 2.33. The van der Waals surface area contributed by atoms with Gasteiger partial charge in [-0.1, -0.05) is 47.5 Å². The highest BCUT2D eigenvalue weighted by atomic mass is 35.5. The Balaban J connectivity index is 1.93. The van der Waals surface area contributed by atoms with E-state index >= 15 is 0 Å². The van der Waals surface area contributed by atoms with Gasteiger partial charge in [-0.05, 0) is 53.9 Å². The van der Waals surface area contributed by atoms with Crippen molar-refractivity contribution in [3.63, 3.8) is 0 Å². The summed E-state index contributed by atoms with van der Waals surface area (Å²) >= 11 is 12.5. The molecule has 4 aromatic rings. The number of ether oxygens (including phenoxy) is 1. The minimum absolute atomic E-state index is 0.410. The Hall–Kier alpha value is -3.15. The maximum atomic E-state index is 11.6. The van der Waals surface area contributed by atoms with Crippen molar-refractivity contribution in [3.8, 4) is 11.3 Å². The molecule has 5 nitrogen and oxygen atoms in total. The molecule has 2 aromatic heterocycles. The number of aromatic amines is 1. The van der Waals surface area contributed by atoms with Crippen LogP contribution in [0.5, 0.6) is 0 Å². The van der Waals surface area contributed by atoms with Crippen LogP contribution < -0.4 is 0 Å². The molecule has 31 heavy (non-hydrogen) atoms. The predicted octanol–water partition coefficient (Wildman–Crippen LogP) is 6.13. The number of aromatic nitrogens is 3. The number of aryl methyl sites for hydroxylation is 1. The number of nitrogens with one attached hydrogen (secondary N) is 1. The summed E-state index contributed by atoms with van der Waals surface area (Å²) in [5.74, 6) is -0.410. The molecule has 0 saturated heterocycles. The molecule has 2 aromatic carbocycles. The third-order valence-electron chi connectivity index (χ3n) is 5.17. The third kappa shape index (κ3) is 4.48. The van der Waals surface area contributed by atoms with Crippen molar-refractivity contribution < 1.29 is 9.53 Å². The lowest BCUT2D eigenvalue weighted by Crippen LogP contribution is -2.18. The number of pyridine rings is 1. The Morgan fingerprint density at radius 2 is 1.90 bits per heavy atom. The van der Waals surface area contributed by atoms with Gasteiger partial charge in [-0.25, -0.2) is 4.98 Å². The van der Waals surface area contributed by atoms with Crippen LogP contribution in [0.4, 0.5) is 0 Å². The van der Waals surface area contributed by atoms with Crippen LogP contribution in [0, 0.1) is 6.92 Å². The Labute approximate surface area is 190 Å². The van der Waals surface area contributed by atoms with Gasteiger partial charge < -0.3 is 9.72 Å². The zero-order valence-corrected chi connectivity index (χ0v) is 18.1. The zero-order valence-electron chi connectivity index (χ0n) is 16.6. The molecule has 2 atom stereocenters. The Morgan fingerprint density at radius 3 is 2.65 bits per heavy atom. The number of hydrogen-bond acceptors (Lipinski definition) is 4. The van der Waals surface area contributed by atoms with Gasteiger partial charge in [0, 0.05) is 28.0 Å². The number of imidazole rings is 1. The summed E-state index contributed by atoms with van der Waals surface area (Å²) < 4.78 is 5.68. The lowest BCUT2D eigenvalue weighted by molar-refractivity contribution is -0.134. The van der Waals surface area contributed by atoms with E-state index in [0.29, 0.717) is 16.5 Å². The number of benzene rings is 2. The first kappa shape index (κ1) is 21.1. The molecule has 7 heteroatoms. The van der Waals surface area contributed by atoms with Crippen LogP contribution in [0.25, 0.3) is 11.3 Å². The van der Waals surface area contributed by atoms with E-state index in [1.54, 1.807) is 18.7 Å². The van der Waals surface area contributed by atoms with Gasteiger partial charge in [0.2, 0.25) is 0 Å². The summed E-state index contributed by atoms with van der Waals surface area (Å²) in [6, 6.07) is 16.8. The van der Waals surface area contributed by atoms with E-state index in [1.807, 2.05) is 61.5 Å². The molecule has 0 saturated carbocycles. The van der Waals surface area contributed by atoms with Gasteiger partial charge in [0.25, 0.3) is 6.47 Å². The minimum atomic E-state index is -0.654. The van der Waals surface area contributed by atoms with Crippen LogP contribution in [-0.2, 0) is 9.53 Å². The van der Waals surface area contributed by atoms with Crippen molar-refractivity contribution >= 4 is 29.7 Å². The Kier molecular flexibility index (Phi) is 6.35. The highest BCUT2D eigenvalue weighted by Crippen LogP contribution is 2.43. The fraction of sp³-hybridized carbons (Fsp3) is 0.125. The number of nitrogens with zero attached hydrogens (tertiary/aromatic N) is 2. The van der Waals surface area contributed by atoms with Crippen molar-refractivity contribution in [2.75, 3.05) is 0 Å². The SMILES string of the molecule is Cc1ccc(Cl)cc1C(OC=O)C(c1cccnc1)c1[nH]cnc1-c1cccc(Cl)c1. The lowest BCUT2D eigenvalue weighted by atomic mass is 9.84. The topological polar surface area (TPSA) is 67.9 Å². The molecule has 0 aliphatic rings. The average Bonchev–Trinajstić information content (AvgIpc) is 3.25. The molecule has 0 aliphatic heterocycles. The first-order valence-corrected chi connectivity index (χ1v) is 10.4. The van der Waals surface area contributed by atoms with Crippen molar-refractivity contribution in [3.05, 3.63) is 106 Å². The van der Waals surface area contributed by atoms with E-state index in [2.05, 4.69) is 15.0 Å². The summed E-state index contributed by atoms with van der Waals surface area (Å²) in [4.78, 5) is 23.7. The largest absolute Gasteiger partial charge is 0.459 e. The smallest absolute Gasteiger partial charge is 0.293 e. The van der Waals surface area contributed by atoms with E-state index in [9.17, 15) is 4.79 Å². The molecule has 0 amide bonds. The molecule has 2 unspecified atom stereocenters. The van der Waals surface area contributed by atoms with E-state index in [-0.39, 0.29) is 0 Å². The second kappa shape index (κ2) is 9.33. The van der Waals surface area contributed by atoms with E-state index < -0.39 is 12.0 Å². The summed E-state index contributed by atoms with van der Waals surface area (Å²) in [5.41, 5.74) is 4.97. The fourth-order valence-electron chi connectivity index (χ4n) is 3.77. The Bertz CT molecular complexity index is 1190. The van der Waals surface area contributed by atoms with Crippen LogP contribution >= 0.6 is 23.2 Å². The monoisotopic (exact) mass is 451 g/mol. The highest BCUT2D eigenvalue weighted by molar-refractivity contribution is 6.31. The number of carbonyl (C=O) groups excluding carboxylic acids is 1. The third-order valence-corrected chi connectivity index (χ3v) is 5.64. The summed E-state index contributed by atoms with van der Waals surface area (Å²) in [6.07, 6.45) is 4.43. The summed E-state index contributed by atoms with van der Waals surface area (Å²) in [5, 5.41) is 1.17. The normalized spacial score (nSPS) is 12.9. The van der Waals surface area contributed by atoms with Gasteiger partial charge in [-0.2, -0.15) is 0 Å². The van der Waals surface area contributed by atoms with Crippen molar-refractivity contribution in [1.82, 2.24) is 15.0 Å². The molecule has 4 rings (SSSR count). The van der Waals surface area contributed by atoms with Gasteiger partial charge in [-0.3, -0.25) is 9.78 Å². The number of hydrogen-bond donors (Lipinski definition) is 1. The molecule has 0 radical (unpaired) electrons. The molecule has 0 fully saturated rings. The van der Waals surface area contributed by atoms with E-state index in [4.69, 9.17) is 27.9 Å². The van der Waals surface area contributed by atoms with Crippen LogP contribution in [0.3, 0.4) is 0 Å². The average molecular weight is 452 g/mol. The van der Waals surface area contributed by atoms with Crippen LogP contribution in [0.1, 0.15) is 34.4 Å². The molecule has 1 N–H and O–H groups in total. The maximum Gasteiger partial charge on any atom is 0.293 e. The minimum Gasteiger partial charge on any atom is -0.459 e. The van der Waals surface area contributed by atoms with Gasteiger partial charge in [0.1, 0.15) is 6.10 Å². The number of carbonyl (C=O) groups is 1. The zero-order chi connectivity index (χ0) is 21.8. The molecule has 2 heterocycles. The molecular formula is C24H19Cl2N3O2. The van der Waals surface area contributed by atoms with Crippen LogP contribution in [0.2, 0.25) is 10.0 Å². The van der Waals surface area contributed by atoms with Crippen molar-refractivity contribution in [2.45, 2.75) is 18.9 Å². The van der Waals surface area contributed by atoms with E-state index in [1.165, 1.54) is 0 Å². The molecule has 156 valence electrons. The van der Waals surface area contributed by atoms with Crippen molar-refractivity contribution in [1.29, 1.82) is 0 Å². The van der Waals surface area contributed by atoms with E-state index in [0.717, 1.165) is 33.6 Å². The quantitative estimate of drug-likeness (QED) is 0.343. The number of H-pyrrole nitrogens is 1. The predicted molar refractivity (Wildman–Crippen MR) is 121 cm³/mol.